The Morgan fingerprint density at radius 3 is 2.80 bits per heavy atom. The Hall–Kier alpha value is -2.45. The van der Waals surface area contributed by atoms with Crippen LogP contribution < -0.4 is 10.1 Å². The number of para-hydroxylation sites is 1. The summed E-state index contributed by atoms with van der Waals surface area (Å²) in [6.45, 7) is 0. The Labute approximate surface area is 152 Å². The second kappa shape index (κ2) is 8.09. The molecule has 0 aliphatic heterocycles. The second-order valence-electron chi connectivity index (χ2n) is 4.92. The molecule has 0 bridgehead atoms. The minimum absolute atomic E-state index is 0.125. The van der Waals surface area contributed by atoms with E-state index >= 15 is 0 Å². The summed E-state index contributed by atoms with van der Waals surface area (Å²) in [5.41, 5.74) is 1.14. The zero-order valence-corrected chi connectivity index (χ0v) is 14.9. The molecule has 0 amide bonds. The number of hydrogen-bond acceptors (Lipinski definition) is 7. The van der Waals surface area contributed by atoms with E-state index in [0.717, 1.165) is 5.69 Å². The predicted molar refractivity (Wildman–Crippen MR) is 97.6 cm³/mol. The molecule has 3 rings (SSSR count). The lowest BCUT2D eigenvalue weighted by atomic mass is 10.1. The van der Waals surface area contributed by atoms with Crippen LogP contribution in [0.2, 0.25) is 0 Å². The number of ketones is 1. The summed E-state index contributed by atoms with van der Waals surface area (Å²) in [5.74, 6) is -0.219. The fourth-order valence-corrected chi connectivity index (χ4v) is 3.72. The topological polar surface area (TPSA) is 64.1 Å². The van der Waals surface area contributed by atoms with Gasteiger partial charge in [0, 0.05) is 5.69 Å². The highest BCUT2D eigenvalue weighted by atomic mass is 32.2. The molecule has 0 saturated heterocycles. The lowest BCUT2D eigenvalue weighted by Crippen LogP contribution is -2.05. The Morgan fingerprint density at radius 1 is 1.24 bits per heavy atom. The van der Waals surface area contributed by atoms with Crippen molar-refractivity contribution in [3.05, 3.63) is 59.9 Å². The van der Waals surface area contributed by atoms with Gasteiger partial charge in [-0.3, -0.25) is 4.79 Å². The number of rotatable bonds is 7. The molecule has 1 N–H and O–H groups in total. The highest BCUT2D eigenvalue weighted by Gasteiger charge is 2.15. The minimum Gasteiger partial charge on any atom is -0.496 e. The summed E-state index contributed by atoms with van der Waals surface area (Å²) in [4.78, 5) is 12.3. The van der Waals surface area contributed by atoms with Gasteiger partial charge in [-0.2, -0.15) is 0 Å². The van der Waals surface area contributed by atoms with Gasteiger partial charge >= 0.3 is 0 Å². The fourth-order valence-electron chi connectivity index (χ4n) is 2.07. The SMILES string of the molecule is COc1ccc(F)cc1C(=O)CSc1nnc(Nc2ccccc2)s1. The van der Waals surface area contributed by atoms with Crippen LogP contribution in [0.15, 0.2) is 52.9 Å². The van der Waals surface area contributed by atoms with Gasteiger partial charge in [-0.15, -0.1) is 10.2 Å². The normalized spacial score (nSPS) is 10.5. The van der Waals surface area contributed by atoms with Gasteiger partial charge < -0.3 is 10.1 Å². The third kappa shape index (κ3) is 4.55. The summed E-state index contributed by atoms with van der Waals surface area (Å²) in [6, 6.07) is 13.5. The number of carbonyl (C=O) groups excluding carboxylic acids is 1. The van der Waals surface area contributed by atoms with Crippen molar-refractivity contribution in [1.29, 1.82) is 0 Å². The van der Waals surface area contributed by atoms with E-state index in [1.807, 2.05) is 30.3 Å². The first-order valence-electron chi connectivity index (χ1n) is 7.31. The molecule has 1 aromatic heterocycles. The molecule has 2 aromatic carbocycles. The molecular weight excluding hydrogens is 361 g/mol. The molecule has 0 spiro atoms. The summed E-state index contributed by atoms with van der Waals surface area (Å²) in [7, 11) is 1.45. The van der Waals surface area contributed by atoms with Crippen molar-refractivity contribution in [2.45, 2.75) is 4.34 Å². The Kier molecular flexibility index (Phi) is 5.62. The van der Waals surface area contributed by atoms with E-state index < -0.39 is 5.82 Å². The number of hydrogen-bond donors (Lipinski definition) is 1. The summed E-state index contributed by atoms with van der Waals surface area (Å²) in [6.07, 6.45) is 0. The lowest BCUT2D eigenvalue weighted by molar-refractivity contribution is 0.101. The van der Waals surface area contributed by atoms with E-state index in [-0.39, 0.29) is 17.1 Å². The Bertz CT molecular complexity index is 871. The van der Waals surface area contributed by atoms with E-state index in [9.17, 15) is 9.18 Å². The molecule has 0 aliphatic carbocycles. The highest BCUT2D eigenvalue weighted by molar-refractivity contribution is 8.01. The highest BCUT2D eigenvalue weighted by Crippen LogP contribution is 2.29. The van der Waals surface area contributed by atoms with Crippen molar-refractivity contribution < 1.29 is 13.9 Å². The van der Waals surface area contributed by atoms with Crippen LogP contribution in [0.3, 0.4) is 0 Å². The van der Waals surface area contributed by atoms with Crippen LogP contribution in [0.25, 0.3) is 0 Å². The van der Waals surface area contributed by atoms with Crippen molar-refractivity contribution in [3.8, 4) is 5.75 Å². The minimum atomic E-state index is -0.473. The van der Waals surface area contributed by atoms with Gasteiger partial charge in [0.1, 0.15) is 11.6 Å². The van der Waals surface area contributed by atoms with Crippen LogP contribution in [0.4, 0.5) is 15.2 Å². The van der Waals surface area contributed by atoms with E-state index in [0.29, 0.717) is 15.2 Å². The number of methoxy groups -OCH3 is 1. The molecule has 1 heterocycles. The number of carbonyl (C=O) groups is 1. The molecule has 0 atom stereocenters. The van der Waals surface area contributed by atoms with Gasteiger partial charge in [0.15, 0.2) is 10.1 Å². The number of aromatic nitrogens is 2. The molecular formula is C17H14FN3O2S2. The number of ether oxygens (including phenoxy) is 1. The molecule has 0 unspecified atom stereocenters. The van der Waals surface area contributed by atoms with Crippen LogP contribution in [0.5, 0.6) is 5.75 Å². The second-order valence-corrected chi connectivity index (χ2v) is 7.12. The predicted octanol–water partition coefficient (Wildman–Crippen LogP) is 4.40. The molecule has 5 nitrogen and oxygen atoms in total. The zero-order chi connectivity index (χ0) is 17.6. The fraction of sp³-hybridized carbons (Fsp3) is 0.118. The average Bonchev–Trinajstić information content (AvgIpc) is 3.08. The van der Waals surface area contributed by atoms with Crippen molar-refractivity contribution in [1.82, 2.24) is 10.2 Å². The smallest absolute Gasteiger partial charge is 0.210 e. The third-order valence-electron chi connectivity index (χ3n) is 3.22. The van der Waals surface area contributed by atoms with Gasteiger partial charge in [-0.25, -0.2) is 4.39 Å². The van der Waals surface area contributed by atoms with Gasteiger partial charge in [-0.1, -0.05) is 41.3 Å². The number of thioether (sulfide) groups is 1. The average molecular weight is 375 g/mol. The van der Waals surface area contributed by atoms with Crippen molar-refractivity contribution in [2.24, 2.45) is 0 Å². The van der Waals surface area contributed by atoms with Crippen molar-refractivity contribution in [2.75, 3.05) is 18.2 Å². The van der Waals surface area contributed by atoms with E-state index in [2.05, 4.69) is 15.5 Å². The Morgan fingerprint density at radius 2 is 2.04 bits per heavy atom. The number of nitrogens with zero attached hydrogens (tertiary/aromatic N) is 2. The maximum atomic E-state index is 13.4. The van der Waals surface area contributed by atoms with Crippen molar-refractivity contribution >= 4 is 39.7 Å². The standard InChI is InChI=1S/C17H14FN3O2S2/c1-23-15-8-7-11(18)9-13(15)14(22)10-24-17-21-20-16(25-17)19-12-5-3-2-4-6-12/h2-9H,10H2,1H3,(H,19,20). The zero-order valence-electron chi connectivity index (χ0n) is 13.2. The van der Waals surface area contributed by atoms with Crippen LogP contribution >= 0.6 is 23.1 Å². The summed E-state index contributed by atoms with van der Waals surface area (Å²) >= 11 is 2.61. The number of nitrogens with one attached hydrogen (secondary N) is 1. The van der Waals surface area contributed by atoms with Crippen LogP contribution in [0.1, 0.15) is 10.4 Å². The number of Topliss-reactive ketones (excluding diaryl/α,β-unsaturated/α-hetero) is 1. The van der Waals surface area contributed by atoms with Gasteiger partial charge in [0.25, 0.3) is 0 Å². The largest absolute Gasteiger partial charge is 0.496 e. The van der Waals surface area contributed by atoms with Crippen LogP contribution in [-0.2, 0) is 0 Å². The van der Waals surface area contributed by atoms with E-state index in [4.69, 9.17) is 4.74 Å². The maximum absolute atomic E-state index is 13.4. The first-order chi connectivity index (χ1) is 12.2. The third-order valence-corrected chi connectivity index (χ3v) is 5.19. The molecule has 25 heavy (non-hydrogen) atoms. The lowest BCUT2D eigenvalue weighted by Gasteiger charge is -2.06. The monoisotopic (exact) mass is 375 g/mol. The summed E-state index contributed by atoms with van der Waals surface area (Å²) < 4.78 is 19.1. The Balaban J connectivity index is 1.62. The first kappa shape index (κ1) is 17.4. The molecule has 0 fully saturated rings. The molecule has 0 aliphatic rings. The molecule has 0 radical (unpaired) electrons. The maximum Gasteiger partial charge on any atom is 0.210 e. The first-order valence-corrected chi connectivity index (χ1v) is 9.11. The molecule has 8 heteroatoms. The van der Waals surface area contributed by atoms with Gasteiger partial charge in [0.05, 0.1) is 18.4 Å². The van der Waals surface area contributed by atoms with Crippen molar-refractivity contribution in [3.63, 3.8) is 0 Å². The number of anilines is 2. The molecule has 0 saturated carbocycles. The number of halogens is 1. The molecule has 3 aromatic rings. The van der Waals surface area contributed by atoms with Gasteiger partial charge in [-0.05, 0) is 30.3 Å². The number of benzene rings is 2. The van der Waals surface area contributed by atoms with Crippen LogP contribution in [0, 0.1) is 5.82 Å². The van der Waals surface area contributed by atoms with E-state index in [1.54, 1.807) is 0 Å². The van der Waals surface area contributed by atoms with E-state index in [1.165, 1.54) is 48.4 Å². The summed E-state index contributed by atoms with van der Waals surface area (Å²) in [5, 5.41) is 11.9. The van der Waals surface area contributed by atoms with Gasteiger partial charge in [0.2, 0.25) is 5.13 Å². The molecule has 128 valence electrons. The quantitative estimate of drug-likeness (QED) is 0.488. The van der Waals surface area contributed by atoms with Crippen LogP contribution in [-0.4, -0.2) is 28.8 Å².